The van der Waals surface area contributed by atoms with Crippen LogP contribution in [0.25, 0.3) is 11.1 Å². The number of hydrogen-bond donors (Lipinski definition) is 1. The van der Waals surface area contributed by atoms with Gasteiger partial charge in [-0.1, -0.05) is 0 Å². The van der Waals surface area contributed by atoms with Gasteiger partial charge >= 0.3 is 0 Å². The van der Waals surface area contributed by atoms with Crippen molar-refractivity contribution in [1.82, 2.24) is 9.88 Å². The number of nitrogens with zero attached hydrogens (tertiary/aromatic N) is 4. The zero-order valence-electron chi connectivity index (χ0n) is 15.0. The van der Waals surface area contributed by atoms with Crippen molar-refractivity contribution in [1.29, 1.82) is 5.26 Å². The largest absolute Gasteiger partial charge is 0.492 e. The summed E-state index contributed by atoms with van der Waals surface area (Å²) in [5, 5.41) is 30.7. The minimum absolute atomic E-state index is 0.0426. The molecule has 2 aliphatic rings. The Morgan fingerprint density at radius 1 is 1.29 bits per heavy atom. The molecule has 8 nitrogen and oxygen atoms in total. The first-order valence-electron chi connectivity index (χ1n) is 9.16. The number of piperidine rings is 1. The molecule has 2 aromatic rings. The topological polar surface area (TPSA) is 120 Å². The summed E-state index contributed by atoms with van der Waals surface area (Å²) in [6, 6.07) is 9.84. The Balaban J connectivity index is 1.70. The SMILES string of the molecule is N#Cc1c(-c2ccc([N+](=O)[O-])cc2)cc(C2CCN3C(=O)CCC3C2)nc1O. The molecule has 0 bridgehead atoms. The third-order valence-electron chi connectivity index (χ3n) is 5.67. The number of aromatic nitrogens is 1. The van der Waals surface area contributed by atoms with Crippen molar-refractivity contribution in [2.75, 3.05) is 6.54 Å². The molecule has 0 saturated carbocycles. The van der Waals surface area contributed by atoms with Crippen LogP contribution in [-0.4, -0.2) is 38.4 Å². The summed E-state index contributed by atoms with van der Waals surface area (Å²) in [6.45, 7) is 0.670. The lowest BCUT2D eigenvalue weighted by atomic mass is 9.86. The van der Waals surface area contributed by atoms with E-state index in [1.165, 1.54) is 12.1 Å². The predicted molar refractivity (Wildman–Crippen MR) is 99.4 cm³/mol. The van der Waals surface area contributed by atoms with Crippen molar-refractivity contribution in [3.05, 3.63) is 51.7 Å². The molecule has 4 rings (SSSR count). The van der Waals surface area contributed by atoms with Crippen LogP contribution >= 0.6 is 0 Å². The second kappa shape index (κ2) is 6.93. The molecule has 28 heavy (non-hydrogen) atoms. The molecule has 3 heterocycles. The van der Waals surface area contributed by atoms with Crippen molar-refractivity contribution in [2.24, 2.45) is 0 Å². The van der Waals surface area contributed by atoms with Gasteiger partial charge in [0.1, 0.15) is 11.6 Å². The summed E-state index contributed by atoms with van der Waals surface area (Å²) < 4.78 is 0. The van der Waals surface area contributed by atoms with E-state index in [1.54, 1.807) is 18.2 Å². The standard InChI is InChI=1S/C20H18N4O4/c21-11-17-16(12-1-3-14(4-2-12)24(27)28)10-18(22-20(17)26)13-7-8-23-15(9-13)5-6-19(23)25/h1-4,10,13,15H,5-9H2,(H,22,26). The molecule has 0 spiro atoms. The average molecular weight is 378 g/mol. The van der Waals surface area contributed by atoms with Gasteiger partial charge in [-0.25, -0.2) is 4.98 Å². The number of fused-ring (bicyclic) bond motifs is 1. The van der Waals surface area contributed by atoms with E-state index in [0.717, 1.165) is 19.3 Å². The van der Waals surface area contributed by atoms with Gasteiger partial charge < -0.3 is 10.0 Å². The van der Waals surface area contributed by atoms with E-state index in [-0.39, 0.29) is 35.0 Å². The van der Waals surface area contributed by atoms with E-state index in [0.29, 0.717) is 29.8 Å². The van der Waals surface area contributed by atoms with Crippen LogP contribution in [0.4, 0.5) is 5.69 Å². The molecular weight excluding hydrogens is 360 g/mol. The zero-order valence-corrected chi connectivity index (χ0v) is 15.0. The Kier molecular flexibility index (Phi) is 4.43. The molecule has 0 radical (unpaired) electrons. The number of hydrogen-bond acceptors (Lipinski definition) is 6. The van der Waals surface area contributed by atoms with Crippen LogP contribution in [0.1, 0.15) is 42.9 Å². The van der Waals surface area contributed by atoms with E-state index >= 15 is 0 Å². The highest BCUT2D eigenvalue weighted by Gasteiger charge is 2.37. The molecule has 1 aromatic heterocycles. The quantitative estimate of drug-likeness (QED) is 0.647. The van der Waals surface area contributed by atoms with Crippen molar-refractivity contribution in [2.45, 2.75) is 37.6 Å². The van der Waals surface area contributed by atoms with Crippen LogP contribution in [0.5, 0.6) is 5.88 Å². The smallest absolute Gasteiger partial charge is 0.269 e. The van der Waals surface area contributed by atoms with Gasteiger partial charge in [-0.05, 0) is 43.0 Å². The molecule has 2 saturated heterocycles. The number of carbonyl (C=O) groups is 1. The molecule has 142 valence electrons. The van der Waals surface area contributed by atoms with Crippen molar-refractivity contribution >= 4 is 11.6 Å². The lowest BCUT2D eigenvalue weighted by Gasteiger charge is -2.34. The van der Waals surface area contributed by atoms with Gasteiger partial charge in [0.15, 0.2) is 0 Å². The van der Waals surface area contributed by atoms with E-state index in [9.17, 15) is 25.3 Å². The first-order valence-corrected chi connectivity index (χ1v) is 9.16. The van der Waals surface area contributed by atoms with Gasteiger partial charge in [0.05, 0.1) is 4.92 Å². The number of benzene rings is 1. The maximum absolute atomic E-state index is 11.9. The fourth-order valence-corrected chi connectivity index (χ4v) is 4.22. The van der Waals surface area contributed by atoms with E-state index in [2.05, 4.69) is 4.98 Å². The number of carbonyl (C=O) groups excluding carboxylic acids is 1. The Morgan fingerprint density at radius 2 is 2.04 bits per heavy atom. The molecule has 2 aliphatic heterocycles. The Hall–Kier alpha value is -3.47. The second-order valence-corrected chi connectivity index (χ2v) is 7.21. The Morgan fingerprint density at radius 3 is 2.71 bits per heavy atom. The first kappa shape index (κ1) is 17.9. The number of pyridine rings is 1. The fraction of sp³-hybridized carbons (Fsp3) is 0.350. The Bertz CT molecular complexity index is 997. The third kappa shape index (κ3) is 3.05. The highest BCUT2D eigenvalue weighted by molar-refractivity contribution is 5.79. The minimum Gasteiger partial charge on any atom is -0.492 e. The number of non-ortho nitro benzene ring substituents is 1. The monoisotopic (exact) mass is 378 g/mol. The van der Waals surface area contributed by atoms with Crippen LogP contribution in [0, 0.1) is 21.4 Å². The maximum Gasteiger partial charge on any atom is 0.269 e. The third-order valence-corrected chi connectivity index (χ3v) is 5.67. The molecule has 1 amide bonds. The molecule has 2 atom stereocenters. The number of amides is 1. The van der Waals surface area contributed by atoms with Crippen LogP contribution < -0.4 is 0 Å². The minimum atomic E-state index is -0.485. The summed E-state index contributed by atoms with van der Waals surface area (Å²) in [5.41, 5.74) is 1.80. The lowest BCUT2D eigenvalue weighted by molar-refractivity contribution is -0.384. The second-order valence-electron chi connectivity index (χ2n) is 7.21. The fourth-order valence-electron chi connectivity index (χ4n) is 4.22. The zero-order chi connectivity index (χ0) is 19.8. The van der Waals surface area contributed by atoms with Gasteiger partial charge in [-0.2, -0.15) is 5.26 Å². The molecule has 0 aliphatic carbocycles. The van der Waals surface area contributed by atoms with Crippen molar-refractivity contribution in [3.63, 3.8) is 0 Å². The van der Waals surface area contributed by atoms with Crippen LogP contribution in [-0.2, 0) is 4.79 Å². The first-order chi connectivity index (χ1) is 13.5. The highest BCUT2D eigenvalue weighted by Crippen LogP contribution is 2.39. The molecule has 2 unspecified atom stereocenters. The number of nitriles is 1. The van der Waals surface area contributed by atoms with Gasteiger partial charge in [-0.3, -0.25) is 14.9 Å². The summed E-state index contributed by atoms with van der Waals surface area (Å²) in [5.74, 6) is -0.0495. The van der Waals surface area contributed by atoms with E-state index in [4.69, 9.17) is 0 Å². The molecule has 1 N–H and O–H groups in total. The van der Waals surface area contributed by atoms with Crippen LogP contribution in [0.3, 0.4) is 0 Å². The van der Waals surface area contributed by atoms with Gasteiger partial charge in [0.2, 0.25) is 11.8 Å². The van der Waals surface area contributed by atoms with E-state index < -0.39 is 4.92 Å². The maximum atomic E-state index is 11.9. The summed E-state index contributed by atoms with van der Waals surface area (Å²) >= 11 is 0. The summed E-state index contributed by atoms with van der Waals surface area (Å²) in [4.78, 5) is 28.5. The predicted octanol–water partition coefficient (Wildman–Crippen LogP) is 3.10. The number of nitro benzene ring substituents is 1. The summed E-state index contributed by atoms with van der Waals surface area (Å²) in [7, 11) is 0. The van der Waals surface area contributed by atoms with Crippen molar-refractivity contribution < 1.29 is 14.8 Å². The number of rotatable bonds is 3. The van der Waals surface area contributed by atoms with Crippen molar-refractivity contribution in [3.8, 4) is 23.1 Å². The molecule has 2 fully saturated rings. The molecular formula is C20H18N4O4. The molecule has 1 aromatic carbocycles. The molecule has 8 heteroatoms. The number of aromatic hydroxyl groups is 1. The van der Waals surface area contributed by atoms with Gasteiger partial charge in [0.25, 0.3) is 5.69 Å². The highest BCUT2D eigenvalue weighted by atomic mass is 16.6. The Labute approximate surface area is 161 Å². The van der Waals surface area contributed by atoms with E-state index in [1.807, 2.05) is 11.0 Å². The average Bonchev–Trinajstić information content (AvgIpc) is 3.07. The van der Waals surface area contributed by atoms with Gasteiger partial charge in [-0.15, -0.1) is 0 Å². The van der Waals surface area contributed by atoms with Crippen LogP contribution in [0.15, 0.2) is 30.3 Å². The van der Waals surface area contributed by atoms with Crippen LogP contribution in [0.2, 0.25) is 0 Å². The summed E-state index contributed by atoms with van der Waals surface area (Å²) in [6.07, 6.45) is 2.95. The number of nitro groups is 1. The lowest BCUT2D eigenvalue weighted by Crippen LogP contribution is -2.39. The van der Waals surface area contributed by atoms with Gasteiger partial charge in [0, 0.05) is 48.3 Å². The normalized spacial score (nSPS) is 21.2.